The lowest BCUT2D eigenvalue weighted by molar-refractivity contribution is -0.117. The lowest BCUT2D eigenvalue weighted by Gasteiger charge is -2.16. The predicted molar refractivity (Wildman–Crippen MR) is 86.7 cm³/mol. The fourth-order valence-corrected chi connectivity index (χ4v) is 2.55. The number of anilines is 1. The second kappa shape index (κ2) is 7.07. The van der Waals surface area contributed by atoms with Crippen molar-refractivity contribution in [2.24, 2.45) is 0 Å². The van der Waals surface area contributed by atoms with Crippen LogP contribution >= 0.6 is 0 Å². The molecule has 1 aliphatic heterocycles. The molecule has 0 aromatic heterocycles. The zero-order valence-electron chi connectivity index (χ0n) is 12.7. The van der Waals surface area contributed by atoms with Gasteiger partial charge in [0, 0.05) is 24.2 Å². The van der Waals surface area contributed by atoms with Crippen LogP contribution in [0.15, 0.2) is 54.6 Å². The van der Waals surface area contributed by atoms with Crippen LogP contribution in [0.1, 0.15) is 28.8 Å². The summed E-state index contributed by atoms with van der Waals surface area (Å²) >= 11 is 0. The molecular weight excluding hydrogens is 292 g/mol. The van der Waals surface area contributed by atoms with E-state index in [2.05, 4.69) is 5.48 Å². The van der Waals surface area contributed by atoms with Gasteiger partial charge in [0.1, 0.15) is 0 Å². The Kier molecular flexibility index (Phi) is 4.68. The summed E-state index contributed by atoms with van der Waals surface area (Å²) < 4.78 is 0. The third-order valence-electron chi connectivity index (χ3n) is 3.74. The first-order valence-corrected chi connectivity index (χ1v) is 7.60. The molecule has 5 heteroatoms. The summed E-state index contributed by atoms with van der Waals surface area (Å²) in [6, 6.07) is 16.6. The van der Waals surface area contributed by atoms with E-state index in [9.17, 15) is 9.59 Å². The molecule has 2 aromatic rings. The molecule has 0 radical (unpaired) electrons. The monoisotopic (exact) mass is 310 g/mol. The summed E-state index contributed by atoms with van der Waals surface area (Å²) in [6.07, 6.45) is 1.42. The number of carbonyl (C=O) groups is 2. The van der Waals surface area contributed by atoms with E-state index in [0.717, 1.165) is 17.7 Å². The largest absolute Gasteiger partial charge is 0.312 e. The van der Waals surface area contributed by atoms with Gasteiger partial charge in [0.15, 0.2) is 0 Å². The second-order valence-corrected chi connectivity index (χ2v) is 5.40. The minimum absolute atomic E-state index is 0.0999. The molecule has 1 saturated heterocycles. The molecule has 0 saturated carbocycles. The van der Waals surface area contributed by atoms with Crippen LogP contribution < -0.4 is 10.4 Å². The lowest BCUT2D eigenvalue weighted by atomic mass is 10.2. The highest BCUT2D eigenvalue weighted by molar-refractivity contribution is 5.98. The fourth-order valence-electron chi connectivity index (χ4n) is 2.55. The van der Waals surface area contributed by atoms with Crippen LogP contribution in [-0.4, -0.2) is 18.4 Å². The van der Waals surface area contributed by atoms with Crippen molar-refractivity contribution >= 4 is 17.5 Å². The van der Waals surface area contributed by atoms with E-state index < -0.39 is 0 Å². The first-order chi connectivity index (χ1) is 11.2. The quantitative estimate of drug-likeness (QED) is 0.864. The maximum absolute atomic E-state index is 12.1. The highest BCUT2D eigenvalue weighted by Crippen LogP contribution is 2.22. The summed E-state index contributed by atoms with van der Waals surface area (Å²) in [5.41, 5.74) is 4.63. The van der Waals surface area contributed by atoms with Gasteiger partial charge < -0.3 is 4.90 Å². The normalized spacial score (nSPS) is 14.1. The molecule has 0 unspecified atom stereocenters. The van der Waals surface area contributed by atoms with Crippen molar-refractivity contribution in [1.29, 1.82) is 0 Å². The minimum Gasteiger partial charge on any atom is -0.312 e. The Morgan fingerprint density at radius 2 is 1.96 bits per heavy atom. The van der Waals surface area contributed by atoms with Crippen molar-refractivity contribution in [2.45, 2.75) is 19.4 Å². The SMILES string of the molecule is O=C(NOCc1ccccc1)c1cccc(N2CCCC2=O)c1. The number of rotatable bonds is 5. The zero-order valence-corrected chi connectivity index (χ0v) is 12.7. The molecule has 3 rings (SSSR count). The summed E-state index contributed by atoms with van der Waals surface area (Å²) in [5, 5.41) is 0. The molecule has 1 heterocycles. The van der Waals surface area contributed by atoms with E-state index in [1.54, 1.807) is 23.1 Å². The van der Waals surface area contributed by atoms with Crippen LogP contribution in [0.4, 0.5) is 5.69 Å². The summed E-state index contributed by atoms with van der Waals surface area (Å²) in [7, 11) is 0. The maximum Gasteiger partial charge on any atom is 0.274 e. The number of amides is 2. The molecule has 1 N–H and O–H groups in total. The third kappa shape index (κ3) is 3.76. The van der Waals surface area contributed by atoms with Gasteiger partial charge in [0.2, 0.25) is 5.91 Å². The topological polar surface area (TPSA) is 58.6 Å². The van der Waals surface area contributed by atoms with Crippen molar-refractivity contribution in [3.05, 3.63) is 65.7 Å². The Labute approximate surface area is 134 Å². The minimum atomic E-state index is -0.325. The summed E-state index contributed by atoms with van der Waals surface area (Å²) in [6.45, 7) is 1.01. The fraction of sp³-hybridized carbons (Fsp3) is 0.222. The number of benzene rings is 2. The number of hydrogen-bond acceptors (Lipinski definition) is 3. The van der Waals surface area contributed by atoms with E-state index in [0.29, 0.717) is 25.1 Å². The van der Waals surface area contributed by atoms with Crippen molar-refractivity contribution in [1.82, 2.24) is 5.48 Å². The number of carbonyl (C=O) groups excluding carboxylic acids is 2. The Morgan fingerprint density at radius 3 is 2.70 bits per heavy atom. The van der Waals surface area contributed by atoms with Crippen LogP contribution in [-0.2, 0) is 16.2 Å². The number of nitrogens with one attached hydrogen (secondary N) is 1. The smallest absolute Gasteiger partial charge is 0.274 e. The number of hydrogen-bond donors (Lipinski definition) is 1. The molecule has 2 amide bonds. The average molecular weight is 310 g/mol. The van der Waals surface area contributed by atoms with Crippen LogP contribution in [0.3, 0.4) is 0 Å². The van der Waals surface area contributed by atoms with Gasteiger partial charge in [-0.3, -0.25) is 14.4 Å². The molecule has 0 bridgehead atoms. The van der Waals surface area contributed by atoms with Gasteiger partial charge in [0.05, 0.1) is 6.61 Å². The van der Waals surface area contributed by atoms with Gasteiger partial charge in [-0.05, 0) is 30.2 Å². The van der Waals surface area contributed by atoms with Gasteiger partial charge in [-0.1, -0.05) is 36.4 Å². The molecule has 1 aliphatic rings. The van der Waals surface area contributed by atoms with Crippen molar-refractivity contribution in [3.8, 4) is 0 Å². The molecule has 0 atom stereocenters. The molecule has 0 aliphatic carbocycles. The van der Waals surface area contributed by atoms with Crippen LogP contribution in [0.25, 0.3) is 0 Å². The predicted octanol–water partition coefficient (Wildman–Crippen LogP) is 2.68. The molecular formula is C18H18N2O3. The maximum atomic E-state index is 12.1. The van der Waals surface area contributed by atoms with Crippen molar-refractivity contribution in [2.75, 3.05) is 11.4 Å². The van der Waals surface area contributed by atoms with E-state index >= 15 is 0 Å². The highest BCUT2D eigenvalue weighted by atomic mass is 16.6. The summed E-state index contributed by atoms with van der Waals surface area (Å²) in [4.78, 5) is 30.9. The van der Waals surface area contributed by atoms with Crippen molar-refractivity contribution in [3.63, 3.8) is 0 Å². The first-order valence-electron chi connectivity index (χ1n) is 7.60. The van der Waals surface area contributed by atoms with Crippen LogP contribution in [0, 0.1) is 0 Å². The van der Waals surface area contributed by atoms with Gasteiger partial charge in [-0.25, -0.2) is 5.48 Å². The first kappa shape index (κ1) is 15.2. The van der Waals surface area contributed by atoms with Gasteiger partial charge in [0.25, 0.3) is 5.91 Å². The van der Waals surface area contributed by atoms with E-state index in [1.807, 2.05) is 36.4 Å². The van der Waals surface area contributed by atoms with Gasteiger partial charge >= 0.3 is 0 Å². The van der Waals surface area contributed by atoms with Gasteiger partial charge in [-0.15, -0.1) is 0 Å². The van der Waals surface area contributed by atoms with Crippen molar-refractivity contribution < 1.29 is 14.4 Å². The third-order valence-corrected chi connectivity index (χ3v) is 3.74. The molecule has 118 valence electrons. The molecule has 0 spiro atoms. The summed E-state index contributed by atoms with van der Waals surface area (Å²) in [5.74, 6) is -0.225. The molecule has 5 nitrogen and oxygen atoms in total. The average Bonchev–Trinajstić information content (AvgIpc) is 3.02. The van der Waals surface area contributed by atoms with E-state index in [1.165, 1.54) is 0 Å². The number of nitrogens with zero attached hydrogens (tertiary/aromatic N) is 1. The van der Waals surface area contributed by atoms with E-state index in [-0.39, 0.29) is 11.8 Å². The molecule has 23 heavy (non-hydrogen) atoms. The van der Waals surface area contributed by atoms with Gasteiger partial charge in [-0.2, -0.15) is 0 Å². The second-order valence-electron chi connectivity index (χ2n) is 5.40. The van der Waals surface area contributed by atoms with E-state index in [4.69, 9.17) is 4.84 Å². The Hall–Kier alpha value is -2.66. The Bertz CT molecular complexity index is 700. The Balaban J connectivity index is 1.60. The number of hydroxylamine groups is 1. The highest BCUT2D eigenvalue weighted by Gasteiger charge is 2.22. The Morgan fingerprint density at radius 1 is 1.13 bits per heavy atom. The molecule has 2 aromatic carbocycles. The zero-order chi connectivity index (χ0) is 16.1. The van der Waals surface area contributed by atoms with Crippen LogP contribution in [0.5, 0.6) is 0 Å². The van der Waals surface area contributed by atoms with Crippen LogP contribution in [0.2, 0.25) is 0 Å². The lowest BCUT2D eigenvalue weighted by Crippen LogP contribution is -2.26. The standard InChI is InChI=1S/C18H18N2O3/c21-17-10-5-11-20(17)16-9-4-8-15(12-16)18(22)19-23-13-14-6-2-1-3-7-14/h1-4,6-9,12H,5,10-11,13H2,(H,19,22). The molecule has 1 fully saturated rings.